The average molecular weight is 325 g/mol. The third kappa shape index (κ3) is 3.65. The van der Waals surface area contributed by atoms with Crippen LogP contribution >= 0.6 is 11.6 Å². The predicted molar refractivity (Wildman–Crippen MR) is 81.8 cm³/mol. The number of aromatic nitrogens is 1. The second-order valence-corrected chi connectivity index (χ2v) is 5.67. The molecular weight excluding hydrogens is 310 g/mol. The van der Waals surface area contributed by atoms with Gasteiger partial charge in [0.1, 0.15) is 23.3 Å². The van der Waals surface area contributed by atoms with Gasteiger partial charge in [-0.3, -0.25) is 0 Å². The van der Waals surface area contributed by atoms with E-state index in [0.717, 1.165) is 5.56 Å². The summed E-state index contributed by atoms with van der Waals surface area (Å²) in [7, 11) is 0. The van der Waals surface area contributed by atoms with E-state index in [2.05, 4.69) is 4.98 Å². The summed E-state index contributed by atoms with van der Waals surface area (Å²) < 4.78 is 32.3. The standard InChI is InChI=1S/C16H15ClF2N2O/c17-14-8-13(22-10-12-4-2-1-3-5-12)9-15(20-14)21-7-6-16(18,19)11-21/h1-5,8-9H,6-7,10-11H2. The molecule has 1 fully saturated rings. The molecule has 0 radical (unpaired) electrons. The quantitative estimate of drug-likeness (QED) is 0.790. The summed E-state index contributed by atoms with van der Waals surface area (Å²) in [5, 5.41) is 0.232. The lowest BCUT2D eigenvalue weighted by Crippen LogP contribution is -2.25. The van der Waals surface area contributed by atoms with Crippen LogP contribution < -0.4 is 9.64 Å². The van der Waals surface area contributed by atoms with E-state index in [1.807, 2.05) is 30.3 Å². The van der Waals surface area contributed by atoms with Gasteiger partial charge in [-0.05, 0) is 5.56 Å². The molecule has 2 aromatic rings. The van der Waals surface area contributed by atoms with Gasteiger partial charge in [-0.2, -0.15) is 0 Å². The van der Waals surface area contributed by atoms with Gasteiger partial charge < -0.3 is 9.64 Å². The van der Waals surface area contributed by atoms with Gasteiger partial charge in [0.2, 0.25) is 0 Å². The maximum atomic E-state index is 13.3. The topological polar surface area (TPSA) is 25.4 Å². The summed E-state index contributed by atoms with van der Waals surface area (Å²) in [6.07, 6.45) is -0.165. The predicted octanol–water partition coefficient (Wildman–Crippen LogP) is 4.16. The van der Waals surface area contributed by atoms with Crippen LogP contribution in [0.2, 0.25) is 5.15 Å². The molecule has 1 saturated heterocycles. The van der Waals surface area contributed by atoms with Crippen LogP contribution in [0.3, 0.4) is 0 Å². The number of benzene rings is 1. The van der Waals surface area contributed by atoms with Gasteiger partial charge in [0, 0.05) is 25.1 Å². The summed E-state index contributed by atoms with van der Waals surface area (Å²) in [5.74, 6) is -1.73. The number of nitrogens with zero attached hydrogens (tertiary/aromatic N) is 2. The van der Waals surface area contributed by atoms with E-state index in [0.29, 0.717) is 18.2 Å². The molecule has 116 valence electrons. The van der Waals surface area contributed by atoms with Crippen LogP contribution in [0.4, 0.5) is 14.6 Å². The summed E-state index contributed by atoms with van der Waals surface area (Å²) >= 11 is 5.98. The highest BCUT2D eigenvalue weighted by Gasteiger charge is 2.38. The summed E-state index contributed by atoms with van der Waals surface area (Å²) in [6.45, 7) is 0.313. The maximum Gasteiger partial charge on any atom is 0.266 e. The zero-order valence-corrected chi connectivity index (χ0v) is 12.6. The molecule has 3 nitrogen and oxygen atoms in total. The van der Waals surface area contributed by atoms with Crippen molar-refractivity contribution in [3.63, 3.8) is 0 Å². The van der Waals surface area contributed by atoms with Crippen molar-refractivity contribution in [1.82, 2.24) is 4.98 Å². The number of hydrogen-bond acceptors (Lipinski definition) is 3. The number of rotatable bonds is 4. The molecule has 2 heterocycles. The molecule has 1 aliphatic heterocycles. The fraction of sp³-hybridized carbons (Fsp3) is 0.312. The molecule has 0 bridgehead atoms. The highest BCUT2D eigenvalue weighted by atomic mass is 35.5. The molecule has 0 atom stereocenters. The van der Waals surface area contributed by atoms with Crippen molar-refractivity contribution in [2.24, 2.45) is 0 Å². The molecule has 1 aromatic carbocycles. The van der Waals surface area contributed by atoms with E-state index >= 15 is 0 Å². The second kappa shape index (κ2) is 6.08. The van der Waals surface area contributed by atoms with Gasteiger partial charge in [0.25, 0.3) is 5.92 Å². The first-order chi connectivity index (χ1) is 10.5. The van der Waals surface area contributed by atoms with Crippen molar-refractivity contribution < 1.29 is 13.5 Å². The first-order valence-corrected chi connectivity index (χ1v) is 7.37. The largest absolute Gasteiger partial charge is 0.489 e. The number of alkyl halides is 2. The molecular formula is C16H15ClF2N2O. The van der Waals surface area contributed by atoms with Gasteiger partial charge in [0.05, 0.1) is 6.54 Å². The first kappa shape index (κ1) is 15.0. The SMILES string of the molecule is FC1(F)CCN(c2cc(OCc3ccccc3)cc(Cl)n2)C1. The maximum absolute atomic E-state index is 13.3. The minimum absolute atomic E-state index is 0.165. The van der Waals surface area contributed by atoms with Crippen molar-refractivity contribution in [1.29, 1.82) is 0 Å². The Kier molecular flexibility index (Phi) is 4.16. The normalized spacial score (nSPS) is 16.8. The summed E-state index contributed by atoms with van der Waals surface area (Å²) in [5.41, 5.74) is 1.02. The van der Waals surface area contributed by atoms with Crippen molar-refractivity contribution in [2.75, 3.05) is 18.0 Å². The minimum atomic E-state index is -2.67. The van der Waals surface area contributed by atoms with Gasteiger partial charge in [-0.1, -0.05) is 41.9 Å². The molecule has 1 aromatic heterocycles. The van der Waals surface area contributed by atoms with Crippen LogP contribution in [0.25, 0.3) is 0 Å². The molecule has 0 amide bonds. The van der Waals surface area contributed by atoms with Gasteiger partial charge in [0.15, 0.2) is 0 Å². The highest BCUT2D eigenvalue weighted by Crippen LogP contribution is 2.32. The number of anilines is 1. The lowest BCUT2D eigenvalue weighted by atomic mass is 10.2. The van der Waals surface area contributed by atoms with E-state index in [-0.39, 0.29) is 24.7 Å². The Bertz CT molecular complexity index is 652. The van der Waals surface area contributed by atoms with E-state index in [9.17, 15) is 8.78 Å². The molecule has 0 saturated carbocycles. The Balaban J connectivity index is 1.73. The van der Waals surface area contributed by atoms with E-state index in [4.69, 9.17) is 16.3 Å². The van der Waals surface area contributed by atoms with E-state index in [1.54, 1.807) is 12.1 Å². The van der Waals surface area contributed by atoms with Crippen LogP contribution in [-0.2, 0) is 6.61 Å². The molecule has 22 heavy (non-hydrogen) atoms. The fourth-order valence-electron chi connectivity index (χ4n) is 2.38. The van der Waals surface area contributed by atoms with Gasteiger partial charge in [-0.25, -0.2) is 13.8 Å². The van der Waals surface area contributed by atoms with E-state index < -0.39 is 5.92 Å². The van der Waals surface area contributed by atoms with Crippen LogP contribution in [0, 0.1) is 0 Å². The molecule has 6 heteroatoms. The van der Waals surface area contributed by atoms with E-state index in [1.165, 1.54) is 4.90 Å². The molecule has 0 spiro atoms. The van der Waals surface area contributed by atoms with Crippen LogP contribution in [0.5, 0.6) is 5.75 Å². The third-order valence-electron chi connectivity index (χ3n) is 3.50. The lowest BCUT2D eigenvalue weighted by Gasteiger charge is -2.18. The van der Waals surface area contributed by atoms with Crippen molar-refractivity contribution in [2.45, 2.75) is 19.0 Å². The number of ether oxygens (including phenoxy) is 1. The zero-order valence-electron chi connectivity index (χ0n) is 11.8. The Labute approximate surface area is 132 Å². The van der Waals surface area contributed by atoms with Crippen molar-refractivity contribution in [3.05, 3.63) is 53.2 Å². The highest BCUT2D eigenvalue weighted by molar-refractivity contribution is 6.29. The zero-order chi connectivity index (χ0) is 15.6. The fourth-order valence-corrected chi connectivity index (χ4v) is 2.57. The molecule has 0 N–H and O–H groups in total. The molecule has 3 rings (SSSR count). The lowest BCUT2D eigenvalue weighted by molar-refractivity contribution is 0.0256. The molecule has 1 aliphatic rings. The second-order valence-electron chi connectivity index (χ2n) is 5.29. The Morgan fingerprint density at radius 1 is 1.23 bits per heavy atom. The van der Waals surface area contributed by atoms with Crippen molar-refractivity contribution >= 4 is 17.4 Å². The van der Waals surface area contributed by atoms with Gasteiger partial charge >= 0.3 is 0 Å². The van der Waals surface area contributed by atoms with Crippen LogP contribution in [0.15, 0.2) is 42.5 Å². The minimum Gasteiger partial charge on any atom is -0.489 e. The number of hydrogen-bond donors (Lipinski definition) is 0. The van der Waals surface area contributed by atoms with Crippen molar-refractivity contribution in [3.8, 4) is 5.75 Å². The van der Waals surface area contributed by atoms with Gasteiger partial charge in [-0.15, -0.1) is 0 Å². The summed E-state index contributed by atoms with van der Waals surface area (Å²) in [6, 6.07) is 12.9. The monoisotopic (exact) mass is 324 g/mol. The Morgan fingerprint density at radius 3 is 2.68 bits per heavy atom. The first-order valence-electron chi connectivity index (χ1n) is 6.99. The Hall–Kier alpha value is -1.88. The summed E-state index contributed by atoms with van der Waals surface area (Å²) in [4.78, 5) is 5.64. The third-order valence-corrected chi connectivity index (χ3v) is 3.69. The Morgan fingerprint density at radius 2 is 2.00 bits per heavy atom. The van der Waals surface area contributed by atoms with Crippen LogP contribution in [0.1, 0.15) is 12.0 Å². The molecule has 0 unspecified atom stereocenters. The number of halogens is 3. The smallest absolute Gasteiger partial charge is 0.266 e. The van der Waals surface area contributed by atoms with Crippen LogP contribution in [-0.4, -0.2) is 24.0 Å². The molecule has 0 aliphatic carbocycles. The average Bonchev–Trinajstić information content (AvgIpc) is 2.86. The number of pyridine rings is 1.